The molecule has 0 radical (unpaired) electrons. The second kappa shape index (κ2) is 10.2. The number of halogens is 1. The maximum atomic E-state index is 6.06. The number of anilines is 1. The van der Waals surface area contributed by atoms with Gasteiger partial charge in [-0.05, 0) is 56.8 Å². The summed E-state index contributed by atoms with van der Waals surface area (Å²) < 4.78 is 0. The third kappa shape index (κ3) is 6.24. The number of nitrogens with zero attached hydrogens (tertiary/aromatic N) is 2. The van der Waals surface area contributed by atoms with Gasteiger partial charge in [0.15, 0.2) is 5.96 Å². The number of likely N-dealkylation sites (tertiary alicyclic amines) is 1. The summed E-state index contributed by atoms with van der Waals surface area (Å²) in [7, 11) is 0. The Morgan fingerprint density at radius 3 is 2.75 bits per heavy atom. The van der Waals surface area contributed by atoms with Crippen LogP contribution < -0.4 is 11.1 Å². The normalized spacial score (nSPS) is 20.5. The van der Waals surface area contributed by atoms with Crippen LogP contribution >= 0.6 is 24.0 Å². The van der Waals surface area contributed by atoms with Crippen molar-refractivity contribution in [3.63, 3.8) is 0 Å². The van der Waals surface area contributed by atoms with E-state index in [9.17, 15) is 0 Å². The van der Waals surface area contributed by atoms with Crippen molar-refractivity contribution in [2.75, 3.05) is 18.4 Å². The standard InChI is InChI=1S/C19H32N4.HI/c1-14(2)17-9-7-10-18(12-17)22-19(20)21-13-16(4)23-11-6-5-8-15(23)3;/h7,9-10,12,14-16H,5-6,8,11,13H2,1-4H3,(H3,20,21,22);1H. The van der Waals surface area contributed by atoms with Gasteiger partial charge in [0.25, 0.3) is 0 Å². The summed E-state index contributed by atoms with van der Waals surface area (Å²) in [5.74, 6) is 1.01. The fourth-order valence-electron chi connectivity index (χ4n) is 3.27. The van der Waals surface area contributed by atoms with Gasteiger partial charge in [-0.2, -0.15) is 0 Å². The molecule has 1 saturated heterocycles. The molecule has 136 valence electrons. The Morgan fingerprint density at radius 2 is 2.08 bits per heavy atom. The van der Waals surface area contributed by atoms with E-state index in [-0.39, 0.29) is 24.0 Å². The average Bonchev–Trinajstić information content (AvgIpc) is 2.53. The first-order valence-electron chi connectivity index (χ1n) is 8.90. The van der Waals surface area contributed by atoms with E-state index in [0.717, 1.165) is 12.2 Å². The Morgan fingerprint density at radius 1 is 1.33 bits per heavy atom. The molecule has 1 aliphatic heterocycles. The third-order valence-electron chi connectivity index (χ3n) is 4.77. The molecule has 4 nitrogen and oxygen atoms in total. The molecule has 0 aromatic heterocycles. The van der Waals surface area contributed by atoms with Crippen molar-refractivity contribution in [2.45, 2.75) is 65.0 Å². The highest BCUT2D eigenvalue weighted by molar-refractivity contribution is 14.0. The van der Waals surface area contributed by atoms with Gasteiger partial charge in [0.1, 0.15) is 0 Å². The van der Waals surface area contributed by atoms with Crippen LogP contribution in [0.5, 0.6) is 0 Å². The first kappa shape index (κ1) is 21.2. The van der Waals surface area contributed by atoms with Gasteiger partial charge >= 0.3 is 0 Å². The molecule has 24 heavy (non-hydrogen) atoms. The lowest BCUT2D eigenvalue weighted by Crippen LogP contribution is -2.45. The second-order valence-electron chi connectivity index (χ2n) is 7.06. The van der Waals surface area contributed by atoms with E-state index in [2.05, 4.69) is 61.1 Å². The predicted molar refractivity (Wildman–Crippen MR) is 116 cm³/mol. The van der Waals surface area contributed by atoms with Crippen LogP contribution in [0, 0.1) is 0 Å². The van der Waals surface area contributed by atoms with Gasteiger partial charge in [-0.1, -0.05) is 32.4 Å². The maximum Gasteiger partial charge on any atom is 0.193 e. The number of nitrogens with one attached hydrogen (secondary N) is 1. The van der Waals surface area contributed by atoms with E-state index >= 15 is 0 Å². The quantitative estimate of drug-likeness (QED) is 0.402. The molecule has 2 atom stereocenters. The number of hydrogen-bond acceptors (Lipinski definition) is 2. The number of benzene rings is 1. The smallest absolute Gasteiger partial charge is 0.193 e. The van der Waals surface area contributed by atoms with Crippen LogP contribution in [-0.4, -0.2) is 36.0 Å². The lowest BCUT2D eigenvalue weighted by atomic mass is 10.0. The van der Waals surface area contributed by atoms with E-state index in [1.165, 1.54) is 31.4 Å². The molecule has 1 aromatic carbocycles. The molecule has 2 unspecified atom stereocenters. The molecule has 1 aromatic rings. The van der Waals surface area contributed by atoms with Gasteiger partial charge in [-0.3, -0.25) is 9.89 Å². The number of aliphatic imine (C=N–C) groups is 1. The van der Waals surface area contributed by atoms with Gasteiger partial charge in [-0.25, -0.2) is 0 Å². The van der Waals surface area contributed by atoms with Crippen molar-refractivity contribution >= 4 is 35.6 Å². The molecule has 5 heteroatoms. The summed E-state index contributed by atoms with van der Waals surface area (Å²) in [6.45, 7) is 10.9. The van der Waals surface area contributed by atoms with Crippen LogP contribution in [0.3, 0.4) is 0 Å². The van der Waals surface area contributed by atoms with E-state index in [1.54, 1.807) is 0 Å². The van der Waals surface area contributed by atoms with Crippen LogP contribution in [0.2, 0.25) is 0 Å². The molecule has 0 saturated carbocycles. The van der Waals surface area contributed by atoms with Crippen LogP contribution in [0.25, 0.3) is 0 Å². The molecule has 2 rings (SSSR count). The first-order valence-corrected chi connectivity index (χ1v) is 8.90. The summed E-state index contributed by atoms with van der Waals surface area (Å²) in [4.78, 5) is 7.10. The fraction of sp³-hybridized carbons (Fsp3) is 0.632. The van der Waals surface area contributed by atoms with Gasteiger partial charge in [-0.15, -0.1) is 24.0 Å². The molecule has 0 amide bonds. The minimum absolute atomic E-state index is 0. The zero-order chi connectivity index (χ0) is 16.8. The molecular weight excluding hydrogens is 411 g/mol. The van der Waals surface area contributed by atoms with Gasteiger partial charge in [0, 0.05) is 17.8 Å². The Hall–Kier alpha value is -0.820. The Kier molecular flexibility index (Phi) is 9.05. The number of guanidine groups is 1. The zero-order valence-corrected chi connectivity index (χ0v) is 17.8. The van der Waals surface area contributed by atoms with E-state index in [1.807, 2.05) is 6.07 Å². The Balaban J connectivity index is 0.00000288. The number of rotatable bonds is 5. The maximum absolute atomic E-state index is 6.06. The number of nitrogens with two attached hydrogens (primary N) is 1. The largest absolute Gasteiger partial charge is 0.370 e. The molecule has 3 N–H and O–H groups in total. The van der Waals surface area contributed by atoms with Gasteiger partial charge in [0.05, 0.1) is 6.54 Å². The predicted octanol–water partition coefficient (Wildman–Crippen LogP) is 4.42. The third-order valence-corrected chi connectivity index (χ3v) is 4.77. The van der Waals surface area contributed by atoms with Crippen LogP contribution in [-0.2, 0) is 0 Å². The van der Waals surface area contributed by atoms with Crippen LogP contribution in [0.1, 0.15) is 58.4 Å². The van der Waals surface area contributed by atoms with Crippen LogP contribution in [0.15, 0.2) is 29.3 Å². The summed E-state index contributed by atoms with van der Waals surface area (Å²) in [6, 6.07) is 9.47. The zero-order valence-electron chi connectivity index (χ0n) is 15.5. The highest BCUT2D eigenvalue weighted by atomic mass is 127. The topological polar surface area (TPSA) is 53.6 Å². The Labute approximate surface area is 164 Å². The summed E-state index contributed by atoms with van der Waals surface area (Å²) in [5.41, 5.74) is 8.38. The average molecular weight is 444 g/mol. The molecule has 0 aliphatic carbocycles. The van der Waals surface area contributed by atoms with Crippen molar-refractivity contribution in [2.24, 2.45) is 10.7 Å². The Bertz CT molecular complexity index is 530. The van der Waals surface area contributed by atoms with Crippen molar-refractivity contribution in [3.05, 3.63) is 29.8 Å². The molecule has 1 heterocycles. The van der Waals surface area contributed by atoms with Crippen molar-refractivity contribution in [1.82, 2.24) is 4.90 Å². The van der Waals surface area contributed by atoms with Crippen molar-refractivity contribution < 1.29 is 0 Å². The lowest BCUT2D eigenvalue weighted by molar-refractivity contribution is 0.118. The fourth-order valence-corrected chi connectivity index (χ4v) is 3.27. The summed E-state index contributed by atoms with van der Waals surface area (Å²) in [5, 5.41) is 3.22. The van der Waals surface area contributed by atoms with E-state index in [0.29, 0.717) is 24.0 Å². The molecule has 1 aliphatic rings. The lowest BCUT2D eigenvalue weighted by Gasteiger charge is -2.37. The first-order chi connectivity index (χ1) is 11.0. The molecular formula is C19H33IN4. The monoisotopic (exact) mass is 444 g/mol. The van der Waals surface area contributed by atoms with E-state index < -0.39 is 0 Å². The summed E-state index contributed by atoms with van der Waals surface area (Å²) >= 11 is 0. The SMILES string of the molecule is CC(C)c1cccc(NC(N)=NCC(C)N2CCCCC2C)c1.I. The van der Waals surface area contributed by atoms with E-state index in [4.69, 9.17) is 5.73 Å². The highest BCUT2D eigenvalue weighted by Gasteiger charge is 2.22. The van der Waals surface area contributed by atoms with Crippen LogP contribution in [0.4, 0.5) is 5.69 Å². The van der Waals surface area contributed by atoms with Crippen molar-refractivity contribution in [1.29, 1.82) is 0 Å². The summed E-state index contributed by atoms with van der Waals surface area (Å²) in [6.07, 6.45) is 3.95. The van der Waals surface area contributed by atoms with Gasteiger partial charge in [0.2, 0.25) is 0 Å². The minimum atomic E-state index is 0. The number of piperidine rings is 1. The van der Waals surface area contributed by atoms with Crippen molar-refractivity contribution in [3.8, 4) is 0 Å². The minimum Gasteiger partial charge on any atom is -0.370 e. The highest BCUT2D eigenvalue weighted by Crippen LogP contribution is 2.20. The molecule has 0 bridgehead atoms. The second-order valence-corrected chi connectivity index (χ2v) is 7.06. The van der Waals surface area contributed by atoms with Gasteiger partial charge < -0.3 is 11.1 Å². The number of hydrogen-bond donors (Lipinski definition) is 2. The molecule has 1 fully saturated rings. The molecule has 0 spiro atoms.